The number of halogens is 2. The number of anilines is 1. The molecule has 8 heteroatoms. The normalized spacial score (nSPS) is 11.5. The molecule has 0 radical (unpaired) electrons. The van der Waals surface area contributed by atoms with Crippen LogP contribution < -0.4 is 4.72 Å². The maximum Gasteiger partial charge on any atom is 0.279 e. The Hall–Kier alpha value is -1.24. The van der Waals surface area contributed by atoms with E-state index in [1.807, 2.05) is 0 Å². The highest BCUT2D eigenvalue weighted by Crippen LogP contribution is 2.30. The second kappa shape index (κ2) is 4.79. The molecule has 2 aromatic rings. The number of aromatic nitrogens is 2. The molecule has 0 amide bonds. The fourth-order valence-corrected chi connectivity index (χ4v) is 2.78. The Labute approximate surface area is 114 Å². The van der Waals surface area contributed by atoms with Crippen LogP contribution in [0.5, 0.6) is 0 Å². The van der Waals surface area contributed by atoms with Crippen molar-refractivity contribution in [3.63, 3.8) is 0 Å². The number of nitrogens with one attached hydrogen (secondary N) is 2. The van der Waals surface area contributed by atoms with E-state index in [-0.39, 0.29) is 15.7 Å². The van der Waals surface area contributed by atoms with Crippen molar-refractivity contribution >= 4 is 38.9 Å². The first-order chi connectivity index (χ1) is 8.40. The van der Waals surface area contributed by atoms with Crippen molar-refractivity contribution in [1.82, 2.24) is 9.97 Å². The largest absolute Gasteiger partial charge is 0.334 e. The third-order valence-corrected chi connectivity index (χ3v) is 4.27. The number of H-pyrrole nitrogens is 1. The van der Waals surface area contributed by atoms with Gasteiger partial charge in [0.2, 0.25) is 0 Å². The van der Waals surface area contributed by atoms with Crippen molar-refractivity contribution in [1.29, 1.82) is 0 Å². The van der Waals surface area contributed by atoms with E-state index in [2.05, 4.69) is 14.7 Å². The number of hydrogen-bond acceptors (Lipinski definition) is 3. The predicted molar refractivity (Wildman–Crippen MR) is 70.6 cm³/mol. The first-order valence-electron chi connectivity index (χ1n) is 4.87. The van der Waals surface area contributed by atoms with Gasteiger partial charge in [-0.3, -0.25) is 4.72 Å². The van der Waals surface area contributed by atoms with Gasteiger partial charge in [0.15, 0.2) is 5.03 Å². The van der Waals surface area contributed by atoms with Crippen molar-refractivity contribution in [2.75, 3.05) is 4.72 Å². The average Bonchev–Trinajstić information content (AvgIpc) is 2.79. The molecule has 96 valence electrons. The molecule has 1 aromatic carbocycles. The van der Waals surface area contributed by atoms with Gasteiger partial charge < -0.3 is 4.98 Å². The Bertz CT molecular complexity index is 669. The van der Waals surface area contributed by atoms with Crippen LogP contribution in [0.1, 0.15) is 5.56 Å². The zero-order valence-electron chi connectivity index (χ0n) is 9.24. The lowest BCUT2D eigenvalue weighted by Crippen LogP contribution is -2.13. The summed E-state index contributed by atoms with van der Waals surface area (Å²) in [6.07, 6.45) is 2.48. The van der Waals surface area contributed by atoms with Gasteiger partial charge in [0.1, 0.15) is 0 Å². The molecule has 0 saturated heterocycles. The van der Waals surface area contributed by atoms with Gasteiger partial charge in [0.25, 0.3) is 10.0 Å². The summed E-state index contributed by atoms with van der Waals surface area (Å²) in [4.78, 5) is 6.16. The smallest absolute Gasteiger partial charge is 0.279 e. The summed E-state index contributed by atoms with van der Waals surface area (Å²) in [5.74, 6) is 0. The number of aromatic amines is 1. The van der Waals surface area contributed by atoms with E-state index in [0.717, 1.165) is 5.56 Å². The SMILES string of the molecule is Cc1cc(Cl)c(NS(=O)(=O)c2cnc[nH]2)cc1Cl. The summed E-state index contributed by atoms with van der Waals surface area (Å²) in [7, 11) is -3.73. The maximum absolute atomic E-state index is 11.9. The fourth-order valence-electron chi connectivity index (χ4n) is 1.31. The maximum atomic E-state index is 11.9. The minimum Gasteiger partial charge on any atom is -0.334 e. The molecule has 0 bridgehead atoms. The van der Waals surface area contributed by atoms with Gasteiger partial charge >= 0.3 is 0 Å². The predicted octanol–water partition coefficient (Wildman–Crippen LogP) is 2.83. The minimum atomic E-state index is -3.73. The molecular formula is C10H9Cl2N3O2S. The van der Waals surface area contributed by atoms with Crippen LogP contribution in [-0.4, -0.2) is 18.4 Å². The van der Waals surface area contributed by atoms with Gasteiger partial charge in [0.05, 0.1) is 23.2 Å². The highest BCUT2D eigenvalue weighted by atomic mass is 35.5. The number of hydrogen-bond donors (Lipinski definition) is 2. The molecule has 0 unspecified atom stereocenters. The Morgan fingerprint density at radius 2 is 2.00 bits per heavy atom. The minimum absolute atomic E-state index is 0.0461. The lowest BCUT2D eigenvalue weighted by molar-refractivity contribution is 0.598. The van der Waals surface area contributed by atoms with Crippen molar-refractivity contribution in [3.8, 4) is 0 Å². The first-order valence-corrected chi connectivity index (χ1v) is 7.11. The van der Waals surface area contributed by atoms with Crippen LogP contribution in [0, 0.1) is 6.92 Å². The second-order valence-electron chi connectivity index (χ2n) is 3.60. The number of benzene rings is 1. The summed E-state index contributed by atoms with van der Waals surface area (Å²) < 4.78 is 26.2. The highest BCUT2D eigenvalue weighted by Gasteiger charge is 2.17. The van der Waals surface area contributed by atoms with Crippen molar-refractivity contribution in [2.24, 2.45) is 0 Å². The summed E-state index contributed by atoms with van der Waals surface area (Å²) >= 11 is 11.9. The molecule has 1 heterocycles. The zero-order chi connectivity index (χ0) is 13.3. The molecule has 0 saturated carbocycles. The van der Waals surface area contributed by atoms with Crippen LogP contribution in [0.15, 0.2) is 29.7 Å². The Morgan fingerprint density at radius 3 is 2.61 bits per heavy atom. The Morgan fingerprint density at radius 1 is 1.28 bits per heavy atom. The van der Waals surface area contributed by atoms with Gasteiger partial charge in [-0.25, -0.2) is 4.98 Å². The van der Waals surface area contributed by atoms with E-state index in [4.69, 9.17) is 23.2 Å². The topological polar surface area (TPSA) is 74.8 Å². The van der Waals surface area contributed by atoms with Crippen LogP contribution in [0.2, 0.25) is 10.0 Å². The molecule has 0 fully saturated rings. The van der Waals surface area contributed by atoms with Crippen LogP contribution in [0.3, 0.4) is 0 Å². The lowest BCUT2D eigenvalue weighted by Gasteiger charge is -2.09. The summed E-state index contributed by atoms with van der Waals surface area (Å²) in [6.45, 7) is 1.78. The van der Waals surface area contributed by atoms with Crippen LogP contribution in [0.4, 0.5) is 5.69 Å². The Kier molecular flexibility index (Phi) is 3.52. The molecule has 2 rings (SSSR count). The molecule has 1 aromatic heterocycles. The third-order valence-electron chi connectivity index (χ3n) is 2.26. The molecule has 0 atom stereocenters. The van der Waals surface area contributed by atoms with Gasteiger partial charge in [-0.15, -0.1) is 0 Å². The third kappa shape index (κ3) is 2.60. The zero-order valence-corrected chi connectivity index (χ0v) is 11.6. The quantitative estimate of drug-likeness (QED) is 0.915. The van der Waals surface area contributed by atoms with E-state index in [1.54, 1.807) is 13.0 Å². The number of aryl methyl sites for hydroxylation is 1. The van der Waals surface area contributed by atoms with Crippen molar-refractivity contribution in [3.05, 3.63) is 40.3 Å². The molecular weight excluding hydrogens is 297 g/mol. The summed E-state index contributed by atoms with van der Waals surface area (Å²) in [5, 5.41) is 0.664. The number of nitrogens with zero attached hydrogens (tertiary/aromatic N) is 1. The summed E-state index contributed by atoms with van der Waals surface area (Å²) in [6, 6.07) is 3.06. The molecule has 0 aliphatic carbocycles. The van der Waals surface area contributed by atoms with Crippen LogP contribution >= 0.6 is 23.2 Å². The van der Waals surface area contributed by atoms with Crippen molar-refractivity contribution in [2.45, 2.75) is 11.9 Å². The van der Waals surface area contributed by atoms with Crippen LogP contribution in [0.25, 0.3) is 0 Å². The molecule has 2 N–H and O–H groups in total. The molecule has 18 heavy (non-hydrogen) atoms. The monoisotopic (exact) mass is 305 g/mol. The van der Waals surface area contributed by atoms with Gasteiger partial charge in [0, 0.05) is 5.02 Å². The van der Waals surface area contributed by atoms with E-state index in [9.17, 15) is 8.42 Å². The van der Waals surface area contributed by atoms with Gasteiger partial charge in [-0.1, -0.05) is 23.2 Å². The molecule has 0 aliphatic rings. The molecule has 5 nitrogen and oxygen atoms in total. The lowest BCUT2D eigenvalue weighted by atomic mass is 10.2. The first kappa shape index (κ1) is 13.2. The molecule has 0 aliphatic heterocycles. The average molecular weight is 306 g/mol. The summed E-state index contributed by atoms with van der Waals surface area (Å²) in [5.41, 5.74) is 0.994. The standard InChI is InChI=1S/C10H9Cl2N3O2S/c1-6-2-8(12)9(3-7(6)11)15-18(16,17)10-4-13-5-14-10/h2-5,15H,1H3,(H,13,14). The highest BCUT2D eigenvalue weighted by molar-refractivity contribution is 7.92. The number of sulfonamides is 1. The van der Waals surface area contributed by atoms with E-state index in [1.165, 1.54) is 18.6 Å². The fraction of sp³-hybridized carbons (Fsp3) is 0.100. The van der Waals surface area contributed by atoms with E-state index in [0.29, 0.717) is 5.02 Å². The van der Waals surface area contributed by atoms with E-state index < -0.39 is 10.0 Å². The number of rotatable bonds is 3. The van der Waals surface area contributed by atoms with Gasteiger partial charge in [-0.2, -0.15) is 8.42 Å². The van der Waals surface area contributed by atoms with E-state index >= 15 is 0 Å². The number of imidazole rings is 1. The van der Waals surface area contributed by atoms with Crippen molar-refractivity contribution < 1.29 is 8.42 Å². The van der Waals surface area contributed by atoms with Gasteiger partial charge in [-0.05, 0) is 24.6 Å². The Balaban J connectivity index is 2.39. The van der Waals surface area contributed by atoms with Crippen LogP contribution in [-0.2, 0) is 10.0 Å². The molecule has 0 spiro atoms. The second-order valence-corrected chi connectivity index (χ2v) is 6.07.